The van der Waals surface area contributed by atoms with Crippen LogP contribution in [0.5, 0.6) is 0 Å². The molecule has 0 saturated carbocycles. The third kappa shape index (κ3) is 2.94. The third-order valence-corrected chi connectivity index (χ3v) is 5.79. The van der Waals surface area contributed by atoms with Crippen molar-refractivity contribution in [3.05, 3.63) is 101 Å². The van der Waals surface area contributed by atoms with Crippen LogP contribution in [0.3, 0.4) is 0 Å². The van der Waals surface area contributed by atoms with Gasteiger partial charge >= 0.3 is 0 Å². The van der Waals surface area contributed by atoms with Crippen LogP contribution < -0.4 is 16.4 Å². The minimum absolute atomic E-state index is 0.247. The van der Waals surface area contributed by atoms with E-state index in [9.17, 15) is 4.39 Å². The zero-order valence-corrected chi connectivity index (χ0v) is 17.2. The molecule has 1 atom stereocenters. The van der Waals surface area contributed by atoms with Crippen molar-refractivity contribution >= 4 is 5.84 Å². The molecule has 6 nitrogen and oxygen atoms in total. The highest BCUT2D eigenvalue weighted by Gasteiger charge is 2.45. The maximum atomic E-state index is 14.1. The molecule has 2 aliphatic rings. The Labute approximate surface area is 175 Å². The van der Waals surface area contributed by atoms with Crippen molar-refractivity contribution in [3.8, 4) is 0 Å². The SMILES string of the molecule is C=C1NC(c2cc(CC)n(Cc3ccccc3F)n2)=NC2=C1C(C)(C(=C)N)C(=C)N2. The molecule has 3 heterocycles. The summed E-state index contributed by atoms with van der Waals surface area (Å²) >= 11 is 0. The van der Waals surface area contributed by atoms with E-state index in [0.717, 1.165) is 17.7 Å². The molecule has 0 aliphatic carbocycles. The van der Waals surface area contributed by atoms with Crippen molar-refractivity contribution in [1.29, 1.82) is 0 Å². The minimum Gasteiger partial charge on any atom is -0.401 e. The lowest BCUT2D eigenvalue weighted by atomic mass is 9.77. The van der Waals surface area contributed by atoms with E-state index in [1.165, 1.54) is 6.07 Å². The highest BCUT2D eigenvalue weighted by atomic mass is 19.1. The van der Waals surface area contributed by atoms with Crippen LogP contribution in [0, 0.1) is 11.2 Å². The summed E-state index contributed by atoms with van der Waals surface area (Å²) in [6.45, 7) is 16.5. The van der Waals surface area contributed by atoms with Crippen molar-refractivity contribution in [2.24, 2.45) is 16.1 Å². The van der Waals surface area contributed by atoms with Gasteiger partial charge in [-0.1, -0.05) is 44.9 Å². The van der Waals surface area contributed by atoms with Crippen LogP contribution in [0.2, 0.25) is 0 Å². The molecule has 154 valence electrons. The molecule has 0 radical (unpaired) electrons. The number of aliphatic imine (C=N–C) groups is 1. The number of benzene rings is 1. The average molecular weight is 404 g/mol. The van der Waals surface area contributed by atoms with Crippen molar-refractivity contribution in [2.45, 2.75) is 26.8 Å². The van der Waals surface area contributed by atoms with Gasteiger partial charge in [-0.05, 0) is 25.5 Å². The molecule has 2 aromatic rings. The Hall–Kier alpha value is -3.61. The number of rotatable bonds is 5. The summed E-state index contributed by atoms with van der Waals surface area (Å²) in [7, 11) is 0. The number of aryl methyl sites for hydroxylation is 1. The van der Waals surface area contributed by atoms with E-state index in [4.69, 9.17) is 10.7 Å². The Kier molecular flexibility index (Phi) is 4.61. The van der Waals surface area contributed by atoms with Gasteiger partial charge in [-0.3, -0.25) is 4.68 Å². The molecule has 0 saturated heterocycles. The van der Waals surface area contributed by atoms with Crippen molar-refractivity contribution in [1.82, 2.24) is 20.4 Å². The fourth-order valence-corrected chi connectivity index (χ4v) is 3.85. The molecule has 1 aromatic carbocycles. The van der Waals surface area contributed by atoms with E-state index in [-0.39, 0.29) is 5.82 Å². The van der Waals surface area contributed by atoms with E-state index in [2.05, 4.69) is 35.5 Å². The number of hydrogen-bond acceptors (Lipinski definition) is 5. The number of nitrogens with one attached hydrogen (secondary N) is 2. The van der Waals surface area contributed by atoms with Gasteiger partial charge in [-0.2, -0.15) is 5.10 Å². The molecule has 0 bridgehead atoms. The predicted octanol–water partition coefficient (Wildman–Crippen LogP) is 3.30. The predicted molar refractivity (Wildman–Crippen MR) is 117 cm³/mol. The molecule has 7 heteroatoms. The van der Waals surface area contributed by atoms with Crippen LogP contribution in [0.1, 0.15) is 30.8 Å². The zero-order valence-electron chi connectivity index (χ0n) is 17.2. The highest BCUT2D eigenvalue weighted by molar-refractivity contribution is 6.00. The largest absolute Gasteiger partial charge is 0.401 e. The normalized spacial score (nSPS) is 20.6. The second-order valence-electron chi connectivity index (χ2n) is 7.66. The van der Waals surface area contributed by atoms with Gasteiger partial charge in [-0.15, -0.1) is 0 Å². The standard InChI is InChI=1S/C23H25FN6/c1-6-17-11-19(29-30(17)12-16-9-7-8-10-18(16)24)21-26-13(2)20-22(28-21)27-15(4)23(20,5)14(3)25/h7-11,27H,2-4,6,12,25H2,1,5H3,(H,26,28). The highest BCUT2D eigenvalue weighted by Crippen LogP contribution is 2.47. The van der Waals surface area contributed by atoms with Gasteiger partial charge in [0.2, 0.25) is 0 Å². The van der Waals surface area contributed by atoms with Gasteiger partial charge in [0.15, 0.2) is 5.84 Å². The van der Waals surface area contributed by atoms with Crippen LogP contribution in [0.25, 0.3) is 0 Å². The van der Waals surface area contributed by atoms with Crippen molar-refractivity contribution in [2.75, 3.05) is 0 Å². The van der Waals surface area contributed by atoms with Crippen LogP contribution in [-0.4, -0.2) is 15.6 Å². The van der Waals surface area contributed by atoms with Crippen molar-refractivity contribution in [3.63, 3.8) is 0 Å². The van der Waals surface area contributed by atoms with E-state index >= 15 is 0 Å². The molecule has 1 aromatic heterocycles. The van der Waals surface area contributed by atoms with E-state index < -0.39 is 5.41 Å². The molecule has 4 rings (SSSR count). The topological polar surface area (TPSA) is 80.3 Å². The number of hydrogen-bond donors (Lipinski definition) is 3. The molecule has 2 aliphatic heterocycles. The zero-order chi connectivity index (χ0) is 21.6. The molecule has 4 N–H and O–H groups in total. The number of nitrogens with two attached hydrogens (primary N) is 1. The molecular formula is C23H25FN6. The quantitative estimate of drug-likeness (QED) is 0.714. The first-order valence-corrected chi connectivity index (χ1v) is 9.77. The summed E-state index contributed by atoms with van der Waals surface area (Å²) in [5.74, 6) is 0.949. The second-order valence-corrected chi connectivity index (χ2v) is 7.66. The lowest BCUT2D eigenvalue weighted by Crippen LogP contribution is -2.34. The monoisotopic (exact) mass is 404 g/mol. The Morgan fingerprint density at radius 1 is 1.27 bits per heavy atom. The molecule has 1 unspecified atom stereocenters. The molecular weight excluding hydrogens is 379 g/mol. The van der Waals surface area contributed by atoms with Gasteiger partial charge in [0.1, 0.15) is 17.3 Å². The number of amidine groups is 1. The van der Waals surface area contributed by atoms with Gasteiger partial charge in [-0.25, -0.2) is 9.38 Å². The summed E-state index contributed by atoms with van der Waals surface area (Å²) in [6.07, 6.45) is 0.754. The summed E-state index contributed by atoms with van der Waals surface area (Å²) in [5.41, 5.74) is 10.3. The van der Waals surface area contributed by atoms with E-state index in [0.29, 0.717) is 46.5 Å². The maximum Gasteiger partial charge on any atom is 0.160 e. The first kappa shape index (κ1) is 19.7. The maximum absolute atomic E-state index is 14.1. The summed E-state index contributed by atoms with van der Waals surface area (Å²) in [4.78, 5) is 4.71. The van der Waals surface area contributed by atoms with E-state index in [1.807, 2.05) is 26.0 Å². The first-order chi connectivity index (χ1) is 14.3. The smallest absolute Gasteiger partial charge is 0.160 e. The molecule has 0 amide bonds. The number of nitrogens with zero attached hydrogens (tertiary/aromatic N) is 3. The van der Waals surface area contributed by atoms with Gasteiger partial charge in [0.05, 0.1) is 12.0 Å². The molecule has 0 fully saturated rings. The fourth-order valence-electron chi connectivity index (χ4n) is 3.85. The van der Waals surface area contributed by atoms with Gasteiger partial charge in [0.25, 0.3) is 0 Å². The lowest BCUT2D eigenvalue weighted by Gasteiger charge is -2.30. The number of halogens is 1. The average Bonchev–Trinajstić information content (AvgIpc) is 3.23. The van der Waals surface area contributed by atoms with Crippen LogP contribution in [-0.2, 0) is 13.0 Å². The van der Waals surface area contributed by atoms with Gasteiger partial charge in [0, 0.05) is 33.9 Å². The molecule has 30 heavy (non-hydrogen) atoms. The minimum atomic E-state index is -0.660. The summed E-state index contributed by atoms with van der Waals surface area (Å²) in [5, 5.41) is 11.1. The Morgan fingerprint density at radius 2 is 2.00 bits per heavy atom. The first-order valence-electron chi connectivity index (χ1n) is 9.77. The Morgan fingerprint density at radius 3 is 2.67 bits per heavy atom. The van der Waals surface area contributed by atoms with Gasteiger partial charge < -0.3 is 16.4 Å². The van der Waals surface area contributed by atoms with Crippen molar-refractivity contribution < 1.29 is 4.39 Å². The van der Waals surface area contributed by atoms with Crippen LogP contribution in [0.4, 0.5) is 4.39 Å². The second kappa shape index (κ2) is 7.02. The summed E-state index contributed by atoms with van der Waals surface area (Å²) < 4.78 is 15.9. The Balaban J connectivity index is 1.72. The summed E-state index contributed by atoms with van der Waals surface area (Å²) in [6, 6.07) is 8.67. The number of allylic oxidation sites excluding steroid dienone is 1. The fraction of sp³-hybridized carbons (Fsp3) is 0.217. The van der Waals surface area contributed by atoms with E-state index in [1.54, 1.807) is 16.8 Å². The third-order valence-electron chi connectivity index (χ3n) is 5.79. The Bertz CT molecular complexity index is 1150. The molecule has 0 spiro atoms. The van der Waals surface area contributed by atoms with Crippen LogP contribution in [0.15, 0.2) is 83.5 Å². The van der Waals surface area contributed by atoms with Crippen LogP contribution >= 0.6 is 0 Å². The lowest BCUT2D eigenvalue weighted by molar-refractivity contribution is 0.575. The number of aromatic nitrogens is 2.